The first kappa shape index (κ1) is 21.5. The molecule has 0 aromatic heterocycles. The molecule has 2 aromatic rings. The zero-order chi connectivity index (χ0) is 21.0. The van der Waals surface area contributed by atoms with Crippen molar-refractivity contribution in [2.24, 2.45) is 5.92 Å². The number of benzene rings is 2. The van der Waals surface area contributed by atoms with Gasteiger partial charge in [-0.25, -0.2) is 13.1 Å². The molecule has 0 saturated carbocycles. The van der Waals surface area contributed by atoms with Gasteiger partial charge in [-0.2, -0.15) is 0 Å². The van der Waals surface area contributed by atoms with Crippen molar-refractivity contribution in [1.82, 2.24) is 9.62 Å². The lowest BCUT2D eigenvalue weighted by Crippen LogP contribution is -2.44. The lowest BCUT2D eigenvalue weighted by atomic mass is 9.90. The Morgan fingerprint density at radius 3 is 2.21 bits per heavy atom. The van der Waals surface area contributed by atoms with Crippen LogP contribution in [0.1, 0.15) is 35.1 Å². The Hall–Kier alpha value is -2.18. The van der Waals surface area contributed by atoms with Crippen LogP contribution in [-0.2, 0) is 21.2 Å². The number of rotatable bonds is 6. The van der Waals surface area contributed by atoms with Crippen LogP contribution in [0.5, 0.6) is 0 Å². The van der Waals surface area contributed by atoms with Crippen LogP contribution in [0.3, 0.4) is 0 Å². The number of hydrogen-bond donors (Lipinski definition) is 1. The molecule has 156 valence electrons. The lowest BCUT2D eigenvalue weighted by molar-refractivity contribution is -0.131. The molecule has 1 N–H and O–H groups in total. The number of sulfonamides is 1. The molecule has 0 atom stereocenters. The average molecular weight is 415 g/mol. The lowest BCUT2D eigenvalue weighted by Gasteiger charge is -2.32. The Bertz CT molecular complexity index is 940. The first-order valence-electron chi connectivity index (χ1n) is 10.2. The SMILES string of the molecule is Cc1cc(C)c(S(=O)(=O)NCC(=O)N2CCC(Cc3ccccc3)CC2)c(C)c1. The molecule has 1 heterocycles. The largest absolute Gasteiger partial charge is 0.342 e. The Labute approximate surface area is 174 Å². The number of likely N-dealkylation sites (tertiary alicyclic amines) is 1. The second kappa shape index (κ2) is 9.09. The van der Waals surface area contributed by atoms with Gasteiger partial charge < -0.3 is 4.90 Å². The van der Waals surface area contributed by atoms with E-state index in [-0.39, 0.29) is 17.3 Å². The molecule has 1 saturated heterocycles. The summed E-state index contributed by atoms with van der Waals surface area (Å²) in [5, 5.41) is 0. The van der Waals surface area contributed by atoms with E-state index >= 15 is 0 Å². The number of hydrogen-bond acceptors (Lipinski definition) is 3. The van der Waals surface area contributed by atoms with E-state index in [1.165, 1.54) is 5.56 Å². The summed E-state index contributed by atoms with van der Waals surface area (Å²) in [6.45, 7) is 6.68. The van der Waals surface area contributed by atoms with Crippen LogP contribution in [0.25, 0.3) is 0 Å². The summed E-state index contributed by atoms with van der Waals surface area (Å²) in [7, 11) is -3.72. The van der Waals surface area contributed by atoms with E-state index in [1.54, 1.807) is 18.7 Å². The first-order valence-corrected chi connectivity index (χ1v) is 11.6. The molecule has 2 aromatic carbocycles. The van der Waals surface area contributed by atoms with Gasteiger partial charge in [0.25, 0.3) is 0 Å². The highest BCUT2D eigenvalue weighted by Gasteiger charge is 2.25. The summed E-state index contributed by atoms with van der Waals surface area (Å²) in [4.78, 5) is 14.6. The van der Waals surface area contributed by atoms with Crippen LogP contribution in [0.15, 0.2) is 47.4 Å². The van der Waals surface area contributed by atoms with Gasteiger partial charge in [0.05, 0.1) is 11.4 Å². The smallest absolute Gasteiger partial charge is 0.241 e. The third-order valence-electron chi connectivity index (χ3n) is 5.62. The van der Waals surface area contributed by atoms with Crippen molar-refractivity contribution in [3.05, 3.63) is 64.7 Å². The maximum absolute atomic E-state index is 12.7. The predicted octanol–water partition coefficient (Wildman–Crippen LogP) is 3.37. The van der Waals surface area contributed by atoms with Gasteiger partial charge in [-0.05, 0) is 62.6 Å². The third-order valence-corrected chi connectivity index (χ3v) is 7.33. The van der Waals surface area contributed by atoms with E-state index in [9.17, 15) is 13.2 Å². The number of nitrogens with one attached hydrogen (secondary N) is 1. The predicted molar refractivity (Wildman–Crippen MR) is 115 cm³/mol. The minimum Gasteiger partial charge on any atom is -0.342 e. The van der Waals surface area contributed by atoms with Crippen LogP contribution in [0.2, 0.25) is 0 Å². The summed E-state index contributed by atoms with van der Waals surface area (Å²) < 4.78 is 28.0. The van der Waals surface area contributed by atoms with Gasteiger partial charge in [-0.1, -0.05) is 48.0 Å². The summed E-state index contributed by atoms with van der Waals surface area (Å²) in [6.07, 6.45) is 2.93. The summed E-state index contributed by atoms with van der Waals surface area (Å²) >= 11 is 0. The molecule has 6 heteroatoms. The number of amides is 1. The van der Waals surface area contributed by atoms with E-state index in [4.69, 9.17) is 0 Å². The summed E-state index contributed by atoms with van der Waals surface area (Å²) in [6, 6.07) is 14.1. The van der Waals surface area contributed by atoms with Crippen molar-refractivity contribution in [2.75, 3.05) is 19.6 Å². The minimum absolute atomic E-state index is 0.158. The van der Waals surface area contributed by atoms with Gasteiger partial charge in [0, 0.05) is 13.1 Å². The zero-order valence-corrected chi connectivity index (χ0v) is 18.3. The highest BCUT2D eigenvalue weighted by atomic mass is 32.2. The van der Waals surface area contributed by atoms with Gasteiger partial charge in [0.1, 0.15) is 0 Å². The number of carbonyl (C=O) groups excluding carboxylic acids is 1. The van der Waals surface area contributed by atoms with Crippen LogP contribution in [-0.4, -0.2) is 38.9 Å². The van der Waals surface area contributed by atoms with E-state index in [0.29, 0.717) is 30.1 Å². The number of nitrogens with zero attached hydrogens (tertiary/aromatic N) is 1. The fraction of sp³-hybridized carbons (Fsp3) is 0.435. The maximum atomic E-state index is 12.7. The van der Waals surface area contributed by atoms with Gasteiger partial charge in [0.2, 0.25) is 15.9 Å². The second-order valence-corrected chi connectivity index (χ2v) is 9.77. The van der Waals surface area contributed by atoms with Crippen LogP contribution >= 0.6 is 0 Å². The Kier molecular flexibility index (Phi) is 6.75. The quantitative estimate of drug-likeness (QED) is 0.788. The maximum Gasteiger partial charge on any atom is 0.241 e. The Morgan fingerprint density at radius 2 is 1.62 bits per heavy atom. The van der Waals surface area contributed by atoms with Crippen LogP contribution < -0.4 is 4.72 Å². The van der Waals surface area contributed by atoms with Gasteiger partial charge in [0.15, 0.2) is 0 Å². The standard InChI is InChI=1S/C23H30N2O3S/c1-17-13-18(2)23(19(3)14-17)29(27,28)24-16-22(26)25-11-9-21(10-12-25)15-20-7-5-4-6-8-20/h4-8,13-14,21,24H,9-12,15-16H2,1-3H3. The highest BCUT2D eigenvalue weighted by molar-refractivity contribution is 7.89. The average Bonchev–Trinajstić information content (AvgIpc) is 2.66. The third kappa shape index (κ3) is 5.46. The van der Waals surface area contributed by atoms with E-state index < -0.39 is 10.0 Å². The zero-order valence-electron chi connectivity index (χ0n) is 17.4. The van der Waals surface area contributed by atoms with Crippen molar-refractivity contribution in [3.8, 4) is 0 Å². The van der Waals surface area contributed by atoms with Crippen LogP contribution in [0, 0.1) is 26.7 Å². The molecule has 5 nitrogen and oxygen atoms in total. The molecule has 0 unspecified atom stereocenters. The molecule has 3 rings (SSSR count). The monoisotopic (exact) mass is 414 g/mol. The summed E-state index contributed by atoms with van der Waals surface area (Å²) in [5.41, 5.74) is 3.75. The van der Waals surface area contributed by atoms with Crippen molar-refractivity contribution < 1.29 is 13.2 Å². The molecule has 29 heavy (non-hydrogen) atoms. The molecule has 0 radical (unpaired) electrons. The van der Waals surface area contributed by atoms with E-state index in [0.717, 1.165) is 24.8 Å². The van der Waals surface area contributed by atoms with E-state index in [2.05, 4.69) is 29.0 Å². The summed E-state index contributed by atoms with van der Waals surface area (Å²) in [5.74, 6) is 0.408. The van der Waals surface area contributed by atoms with Crippen molar-refractivity contribution >= 4 is 15.9 Å². The van der Waals surface area contributed by atoms with Crippen molar-refractivity contribution in [2.45, 2.75) is 44.9 Å². The Morgan fingerprint density at radius 1 is 1.03 bits per heavy atom. The topological polar surface area (TPSA) is 66.5 Å². The molecular formula is C23H30N2O3S. The van der Waals surface area contributed by atoms with Crippen molar-refractivity contribution in [3.63, 3.8) is 0 Å². The molecule has 1 amide bonds. The van der Waals surface area contributed by atoms with Gasteiger partial charge in [-0.3, -0.25) is 4.79 Å². The van der Waals surface area contributed by atoms with Crippen molar-refractivity contribution in [1.29, 1.82) is 0 Å². The minimum atomic E-state index is -3.72. The first-order chi connectivity index (χ1) is 13.8. The fourth-order valence-electron chi connectivity index (χ4n) is 4.27. The van der Waals surface area contributed by atoms with Gasteiger partial charge >= 0.3 is 0 Å². The van der Waals surface area contributed by atoms with Gasteiger partial charge in [-0.15, -0.1) is 0 Å². The molecule has 1 fully saturated rings. The molecule has 1 aliphatic heterocycles. The molecule has 0 spiro atoms. The number of carbonyl (C=O) groups is 1. The Balaban J connectivity index is 1.54. The number of piperidine rings is 1. The normalized spacial score (nSPS) is 15.5. The number of aryl methyl sites for hydroxylation is 3. The molecule has 0 aliphatic carbocycles. The second-order valence-electron chi connectivity index (χ2n) is 8.07. The highest BCUT2D eigenvalue weighted by Crippen LogP contribution is 2.23. The molecular weight excluding hydrogens is 384 g/mol. The van der Waals surface area contributed by atoms with E-state index in [1.807, 2.05) is 25.1 Å². The van der Waals surface area contributed by atoms with Crippen LogP contribution in [0.4, 0.5) is 0 Å². The fourth-order valence-corrected chi connectivity index (χ4v) is 5.69. The molecule has 0 bridgehead atoms. The molecule has 1 aliphatic rings.